The first-order chi connectivity index (χ1) is 12.3. The van der Waals surface area contributed by atoms with E-state index in [4.69, 9.17) is 21.1 Å². The number of aryl methyl sites for hydroxylation is 1. The van der Waals surface area contributed by atoms with Crippen LogP contribution in [0.4, 0.5) is 5.69 Å². The summed E-state index contributed by atoms with van der Waals surface area (Å²) in [5.41, 5.74) is 1.88. The summed E-state index contributed by atoms with van der Waals surface area (Å²) in [5, 5.41) is 5.70. The fraction of sp³-hybridized carbons (Fsp3) is 0.222. The fourth-order valence-electron chi connectivity index (χ4n) is 2.20. The fourth-order valence-corrected chi connectivity index (χ4v) is 3.17. The number of rotatable bonds is 6. The molecule has 0 aromatic heterocycles. The third kappa shape index (κ3) is 5.01. The van der Waals surface area contributed by atoms with Crippen LogP contribution < -0.4 is 20.1 Å². The van der Waals surface area contributed by atoms with Crippen LogP contribution in [0, 0.1) is 10.5 Å². The summed E-state index contributed by atoms with van der Waals surface area (Å²) in [6, 6.07) is 8.58. The maximum atomic E-state index is 12.4. The van der Waals surface area contributed by atoms with E-state index in [0.29, 0.717) is 31.3 Å². The summed E-state index contributed by atoms with van der Waals surface area (Å²) >= 11 is 8.11. The summed E-state index contributed by atoms with van der Waals surface area (Å²) in [6.45, 7) is 1.72. The molecule has 2 rings (SSSR count). The van der Waals surface area contributed by atoms with E-state index in [1.54, 1.807) is 24.3 Å². The molecule has 0 aliphatic heterocycles. The number of methoxy groups -OCH3 is 2. The van der Waals surface area contributed by atoms with E-state index < -0.39 is 0 Å². The third-order valence-electron chi connectivity index (χ3n) is 3.53. The largest absolute Gasteiger partial charge is 0.493 e. The van der Waals surface area contributed by atoms with Crippen molar-refractivity contribution in [2.24, 2.45) is 0 Å². The molecule has 2 amide bonds. The predicted molar refractivity (Wildman–Crippen MR) is 109 cm³/mol. The van der Waals surface area contributed by atoms with Crippen LogP contribution in [-0.2, 0) is 4.79 Å². The number of benzene rings is 2. The van der Waals surface area contributed by atoms with Gasteiger partial charge in [-0.05, 0) is 59.3 Å². The van der Waals surface area contributed by atoms with Crippen LogP contribution in [0.5, 0.6) is 11.5 Å². The van der Waals surface area contributed by atoms with Crippen molar-refractivity contribution in [3.63, 3.8) is 0 Å². The number of carbonyl (C=O) groups excluding carboxylic acids is 2. The molecule has 138 valence electrons. The monoisotopic (exact) mass is 488 g/mol. The Hall–Kier alpha value is -2.00. The highest BCUT2D eigenvalue weighted by atomic mass is 127. The van der Waals surface area contributed by atoms with Gasteiger partial charge in [-0.2, -0.15) is 0 Å². The number of anilines is 1. The van der Waals surface area contributed by atoms with Crippen molar-refractivity contribution in [3.05, 3.63) is 50.1 Å². The standard InChI is InChI=1S/C18H18ClIN2O4/c1-10-4-5-14(12(19)6-10)22-17(23)9-21-18(24)11-7-15(25-2)16(26-3)8-13(11)20/h4-8H,9H2,1-3H3,(H,21,24)(H,22,23). The number of ether oxygens (including phenoxy) is 2. The molecule has 0 saturated carbocycles. The Kier molecular flexibility index (Phi) is 7.10. The molecule has 0 bridgehead atoms. The maximum Gasteiger partial charge on any atom is 0.252 e. The molecule has 0 heterocycles. The zero-order valence-electron chi connectivity index (χ0n) is 14.5. The minimum Gasteiger partial charge on any atom is -0.493 e. The van der Waals surface area contributed by atoms with E-state index in [1.807, 2.05) is 35.6 Å². The molecule has 2 aromatic rings. The van der Waals surface area contributed by atoms with Crippen LogP contribution in [-0.4, -0.2) is 32.6 Å². The summed E-state index contributed by atoms with van der Waals surface area (Å²) in [6.07, 6.45) is 0. The molecule has 0 aliphatic rings. The van der Waals surface area contributed by atoms with Gasteiger partial charge in [-0.25, -0.2) is 0 Å². The highest BCUT2D eigenvalue weighted by Gasteiger charge is 2.16. The van der Waals surface area contributed by atoms with Crippen LogP contribution in [0.3, 0.4) is 0 Å². The second kappa shape index (κ2) is 9.09. The van der Waals surface area contributed by atoms with Gasteiger partial charge in [0.2, 0.25) is 5.91 Å². The predicted octanol–water partition coefficient (Wildman–Crippen LogP) is 3.64. The van der Waals surface area contributed by atoms with Crippen LogP contribution in [0.1, 0.15) is 15.9 Å². The van der Waals surface area contributed by atoms with Gasteiger partial charge in [0.05, 0.1) is 37.0 Å². The Morgan fingerprint density at radius 1 is 1.12 bits per heavy atom. The average Bonchev–Trinajstić information content (AvgIpc) is 2.61. The number of hydrogen-bond donors (Lipinski definition) is 2. The summed E-state index contributed by atoms with van der Waals surface area (Å²) in [7, 11) is 3.01. The second-order valence-electron chi connectivity index (χ2n) is 5.40. The van der Waals surface area contributed by atoms with Gasteiger partial charge in [-0.15, -0.1) is 0 Å². The molecule has 0 radical (unpaired) electrons. The Morgan fingerprint density at radius 2 is 1.77 bits per heavy atom. The van der Waals surface area contributed by atoms with Gasteiger partial charge in [0.25, 0.3) is 5.91 Å². The van der Waals surface area contributed by atoms with Gasteiger partial charge in [0.1, 0.15) is 0 Å². The van der Waals surface area contributed by atoms with Gasteiger partial charge in [-0.3, -0.25) is 9.59 Å². The second-order valence-corrected chi connectivity index (χ2v) is 6.97. The zero-order chi connectivity index (χ0) is 19.3. The molecule has 0 fully saturated rings. The van der Waals surface area contributed by atoms with Crippen LogP contribution in [0.2, 0.25) is 5.02 Å². The number of nitrogens with one attached hydrogen (secondary N) is 2. The van der Waals surface area contributed by atoms with E-state index in [9.17, 15) is 9.59 Å². The van der Waals surface area contributed by atoms with Gasteiger partial charge < -0.3 is 20.1 Å². The summed E-state index contributed by atoms with van der Waals surface area (Å²) < 4.78 is 11.1. The highest BCUT2D eigenvalue weighted by molar-refractivity contribution is 14.1. The lowest BCUT2D eigenvalue weighted by atomic mass is 10.2. The molecular formula is C18H18ClIN2O4. The van der Waals surface area contributed by atoms with Crippen molar-refractivity contribution in [1.29, 1.82) is 0 Å². The molecule has 6 nitrogen and oxygen atoms in total. The summed E-state index contributed by atoms with van der Waals surface area (Å²) in [4.78, 5) is 24.4. The van der Waals surface area contributed by atoms with Gasteiger partial charge in [0.15, 0.2) is 11.5 Å². The van der Waals surface area contributed by atoms with Crippen LogP contribution >= 0.6 is 34.2 Å². The molecular weight excluding hydrogens is 471 g/mol. The van der Waals surface area contributed by atoms with E-state index in [-0.39, 0.29) is 18.4 Å². The number of carbonyl (C=O) groups is 2. The quantitative estimate of drug-likeness (QED) is 0.609. The first-order valence-electron chi connectivity index (χ1n) is 7.61. The molecule has 26 heavy (non-hydrogen) atoms. The van der Waals surface area contributed by atoms with Crippen molar-refractivity contribution < 1.29 is 19.1 Å². The minimum atomic E-state index is -0.388. The lowest BCUT2D eigenvalue weighted by Gasteiger charge is -2.12. The van der Waals surface area contributed by atoms with Crippen molar-refractivity contribution in [1.82, 2.24) is 5.32 Å². The summed E-state index contributed by atoms with van der Waals surface area (Å²) in [5.74, 6) is 0.203. The Labute approximate surface area is 170 Å². The smallest absolute Gasteiger partial charge is 0.252 e. The Morgan fingerprint density at radius 3 is 2.38 bits per heavy atom. The van der Waals surface area contributed by atoms with Crippen molar-refractivity contribution >= 4 is 51.7 Å². The zero-order valence-corrected chi connectivity index (χ0v) is 17.4. The number of hydrogen-bond acceptors (Lipinski definition) is 4. The average molecular weight is 489 g/mol. The molecule has 0 atom stereocenters. The first-order valence-corrected chi connectivity index (χ1v) is 9.07. The number of amides is 2. The molecule has 2 N–H and O–H groups in total. The molecule has 0 spiro atoms. The van der Waals surface area contributed by atoms with E-state index in [0.717, 1.165) is 5.56 Å². The Bertz CT molecular complexity index is 842. The van der Waals surface area contributed by atoms with Gasteiger partial charge >= 0.3 is 0 Å². The molecule has 0 aliphatic carbocycles. The topological polar surface area (TPSA) is 76.7 Å². The lowest BCUT2D eigenvalue weighted by Crippen LogP contribution is -2.33. The number of halogens is 2. The van der Waals surface area contributed by atoms with Crippen LogP contribution in [0.25, 0.3) is 0 Å². The molecule has 0 saturated heterocycles. The van der Waals surface area contributed by atoms with Gasteiger partial charge in [0, 0.05) is 3.57 Å². The van der Waals surface area contributed by atoms with Crippen molar-refractivity contribution in [2.45, 2.75) is 6.92 Å². The third-order valence-corrected chi connectivity index (χ3v) is 4.73. The molecule has 0 unspecified atom stereocenters. The Balaban J connectivity index is 2.03. The molecule has 2 aromatic carbocycles. The van der Waals surface area contributed by atoms with E-state index in [2.05, 4.69) is 10.6 Å². The van der Waals surface area contributed by atoms with E-state index in [1.165, 1.54) is 14.2 Å². The van der Waals surface area contributed by atoms with Crippen LogP contribution in [0.15, 0.2) is 30.3 Å². The van der Waals surface area contributed by atoms with Crippen molar-refractivity contribution in [3.8, 4) is 11.5 Å². The van der Waals surface area contributed by atoms with E-state index >= 15 is 0 Å². The van der Waals surface area contributed by atoms with Gasteiger partial charge in [-0.1, -0.05) is 17.7 Å². The van der Waals surface area contributed by atoms with Crippen molar-refractivity contribution in [2.75, 3.05) is 26.1 Å². The lowest BCUT2D eigenvalue weighted by molar-refractivity contribution is -0.115. The SMILES string of the molecule is COc1cc(I)c(C(=O)NCC(=O)Nc2ccc(C)cc2Cl)cc1OC. The first kappa shape index (κ1) is 20.3. The maximum absolute atomic E-state index is 12.4. The normalized spacial score (nSPS) is 10.2. The highest BCUT2D eigenvalue weighted by Crippen LogP contribution is 2.31. The minimum absolute atomic E-state index is 0.187. The molecule has 8 heteroatoms.